The maximum atomic E-state index is 12.2. The second kappa shape index (κ2) is 7.42. The molecule has 0 aliphatic carbocycles. The smallest absolute Gasteiger partial charge is 0.326 e. The first-order chi connectivity index (χ1) is 9.40. The van der Waals surface area contributed by atoms with E-state index in [0.29, 0.717) is 5.75 Å². The topological polar surface area (TPSA) is 75.6 Å². The van der Waals surface area contributed by atoms with Gasteiger partial charge in [-0.25, -0.2) is 13.6 Å². The Kier molecular flexibility index (Phi) is 5.89. The average molecular weight is 287 g/mol. The number of hydrogen-bond donors (Lipinski definition) is 2. The molecule has 20 heavy (non-hydrogen) atoms. The van der Waals surface area contributed by atoms with Crippen LogP contribution in [0.15, 0.2) is 30.3 Å². The molecule has 2 unspecified atom stereocenters. The summed E-state index contributed by atoms with van der Waals surface area (Å²) in [4.78, 5) is 22.5. The van der Waals surface area contributed by atoms with E-state index in [-0.39, 0.29) is 0 Å². The number of amides is 1. The highest BCUT2D eigenvalue weighted by molar-refractivity contribution is 5.86. The van der Waals surface area contributed by atoms with Crippen molar-refractivity contribution >= 4 is 11.9 Å². The van der Waals surface area contributed by atoms with Crippen molar-refractivity contribution in [2.75, 3.05) is 0 Å². The van der Waals surface area contributed by atoms with Gasteiger partial charge in [-0.3, -0.25) is 4.79 Å². The quantitative estimate of drug-likeness (QED) is 0.800. The van der Waals surface area contributed by atoms with E-state index in [2.05, 4.69) is 0 Å². The van der Waals surface area contributed by atoms with Crippen LogP contribution in [-0.2, 0) is 9.59 Å². The molecule has 0 spiro atoms. The van der Waals surface area contributed by atoms with Crippen molar-refractivity contribution in [3.63, 3.8) is 0 Å². The van der Waals surface area contributed by atoms with Gasteiger partial charge in [0.15, 0.2) is 6.10 Å². The van der Waals surface area contributed by atoms with Crippen LogP contribution in [0, 0.1) is 0 Å². The van der Waals surface area contributed by atoms with Crippen molar-refractivity contribution in [3.05, 3.63) is 30.3 Å². The van der Waals surface area contributed by atoms with Gasteiger partial charge >= 0.3 is 5.97 Å². The fourth-order valence-corrected chi connectivity index (χ4v) is 1.45. The zero-order valence-corrected chi connectivity index (χ0v) is 10.8. The van der Waals surface area contributed by atoms with Crippen molar-refractivity contribution in [1.29, 1.82) is 0 Å². The van der Waals surface area contributed by atoms with Crippen LogP contribution in [0.2, 0.25) is 0 Å². The Labute approximate surface area is 114 Å². The summed E-state index contributed by atoms with van der Waals surface area (Å²) in [5, 5.41) is 10.8. The maximum Gasteiger partial charge on any atom is 0.326 e. The lowest BCUT2D eigenvalue weighted by molar-refractivity contribution is -0.144. The molecule has 2 atom stereocenters. The van der Waals surface area contributed by atoms with E-state index >= 15 is 0 Å². The second-order valence-corrected chi connectivity index (χ2v) is 4.10. The number of aliphatic carboxylic acids is 1. The molecule has 1 aromatic rings. The number of hydrogen-bond acceptors (Lipinski definition) is 3. The number of carboxylic acid groups (broad SMARTS) is 1. The summed E-state index contributed by atoms with van der Waals surface area (Å²) in [6.07, 6.45) is -4.75. The molecule has 0 heterocycles. The minimum Gasteiger partial charge on any atom is -0.481 e. The molecule has 0 saturated carbocycles. The average Bonchev–Trinajstić information content (AvgIpc) is 2.38. The first kappa shape index (κ1) is 15.9. The standard InChI is InChI=1S/C13H15F2NO4/c1-8(20-9-5-3-2-4-6-9)12(17)16-10(13(18)19)7-11(14)15/h2-6,8,10-11H,7H2,1H3,(H,16,17)(H,18,19). The predicted octanol–water partition coefficient (Wildman–Crippen LogP) is 1.68. The van der Waals surface area contributed by atoms with Gasteiger partial charge in [0, 0.05) is 6.42 Å². The zero-order chi connectivity index (χ0) is 15.1. The van der Waals surface area contributed by atoms with Gasteiger partial charge in [-0.15, -0.1) is 0 Å². The van der Waals surface area contributed by atoms with Gasteiger partial charge in [-0.2, -0.15) is 0 Å². The number of ether oxygens (including phenoxy) is 1. The summed E-state index contributed by atoms with van der Waals surface area (Å²) in [5.41, 5.74) is 0. The van der Waals surface area contributed by atoms with E-state index in [1.165, 1.54) is 6.92 Å². The number of alkyl halides is 2. The summed E-state index contributed by atoms with van der Waals surface area (Å²) < 4.78 is 29.7. The van der Waals surface area contributed by atoms with Crippen molar-refractivity contribution < 1.29 is 28.2 Å². The molecule has 0 fully saturated rings. The number of benzene rings is 1. The highest BCUT2D eigenvalue weighted by Gasteiger charge is 2.26. The number of nitrogens with one attached hydrogen (secondary N) is 1. The van der Waals surface area contributed by atoms with Crippen molar-refractivity contribution in [3.8, 4) is 5.75 Å². The number of carbonyl (C=O) groups excluding carboxylic acids is 1. The largest absolute Gasteiger partial charge is 0.481 e. The number of halogens is 2. The number of carboxylic acids is 1. The SMILES string of the molecule is CC(Oc1ccccc1)C(=O)NC(CC(F)F)C(=O)O. The summed E-state index contributed by atoms with van der Waals surface area (Å²) >= 11 is 0. The predicted molar refractivity (Wildman–Crippen MR) is 66.7 cm³/mol. The molecule has 1 rings (SSSR count). The third-order valence-electron chi connectivity index (χ3n) is 2.45. The molecular formula is C13H15F2NO4. The van der Waals surface area contributed by atoms with Gasteiger partial charge in [-0.1, -0.05) is 18.2 Å². The molecule has 0 aliphatic rings. The van der Waals surface area contributed by atoms with Gasteiger partial charge in [0.2, 0.25) is 6.43 Å². The highest BCUT2D eigenvalue weighted by Crippen LogP contribution is 2.11. The van der Waals surface area contributed by atoms with E-state index in [4.69, 9.17) is 9.84 Å². The summed E-state index contributed by atoms with van der Waals surface area (Å²) in [6, 6.07) is 6.79. The van der Waals surface area contributed by atoms with Gasteiger partial charge in [0.05, 0.1) is 0 Å². The molecule has 7 heteroatoms. The van der Waals surface area contributed by atoms with Gasteiger partial charge in [0.1, 0.15) is 11.8 Å². The monoisotopic (exact) mass is 287 g/mol. The van der Waals surface area contributed by atoms with Crippen LogP contribution in [-0.4, -0.2) is 35.6 Å². The van der Waals surface area contributed by atoms with E-state index in [0.717, 1.165) is 0 Å². The molecular weight excluding hydrogens is 272 g/mol. The lowest BCUT2D eigenvalue weighted by atomic mass is 10.2. The number of rotatable bonds is 7. The van der Waals surface area contributed by atoms with Crippen LogP contribution in [0.3, 0.4) is 0 Å². The van der Waals surface area contributed by atoms with Gasteiger partial charge in [0.25, 0.3) is 5.91 Å². The molecule has 0 radical (unpaired) electrons. The zero-order valence-electron chi connectivity index (χ0n) is 10.8. The van der Waals surface area contributed by atoms with E-state index in [9.17, 15) is 18.4 Å². The van der Waals surface area contributed by atoms with Crippen molar-refractivity contribution in [2.45, 2.75) is 31.9 Å². The summed E-state index contributed by atoms with van der Waals surface area (Å²) in [5.74, 6) is -1.84. The first-order valence-electron chi connectivity index (χ1n) is 5.93. The Balaban J connectivity index is 2.57. The fourth-order valence-electron chi connectivity index (χ4n) is 1.45. The number of carbonyl (C=O) groups is 2. The van der Waals surface area contributed by atoms with Gasteiger partial charge in [-0.05, 0) is 19.1 Å². The third-order valence-corrected chi connectivity index (χ3v) is 2.45. The molecule has 1 amide bonds. The first-order valence-corrected chi connectivity index (χ1v) is 5.93. The minimum absolute atomic E-state index is 0.427. The molecule has 110 valence electrons. The van der Waals surface area contributed by atoms with Crippen LogP contribution >= 0.6 is 0 Å². The van der Waals surface area contributed by atoms with Crippen molar-refractivity contribution in [1.82, 2.24) is 5.32 Å². The second-order valence-electron chi connectivity index (χ2n) is 4.10. The Morgan fingerprint density at radius 3 is 2.40 bits per heavy atom. The molecule has 0 aliphatic heterocycles. The van der Waals surface area contributed by atoms with Crippen LogP contribution < -0.4 is 10.1 Å². The Hall–Kier alpha value is -2.18. The van der Waals surface area contributed by atoms with E-state index < -0.39 is 36.9 Å². The molecule has 0 aromatic heterocycles. The minimum atomic E-state index is -2.82. The van der Waals surface area contributed by atoms with E-state index in [1.807, 2.05) is 5.32 Å². The molecule has 1 aromatic carbocycles. The number of para-hydroxylation sites is 1. The van der Waals surface area contributed by atoms with Crippen LogP contribution in [0.4, 0.5) is 8.78 Å². The normalized spacial score (nSPS) is 13.6. The van der Waals surface area contributed by atoms with Gasteiger partial charge < -0.3 is 15.2 Å². The van der Waals surface area contributed by atoms with Crippen LogP contribution in [0.25, 0.3) is 0 Å². The van der Waals surface area contributed by atoms with E-state index in [1.54, 1.807) is 30.3 Å². The summed E-state index contributed by atoms with van der Waals surface area (Å²) in [7, 11) is 0. The summed E-state index contributed by atoms with van der Waals surface area (Å²) in [6.45, 7) is 1.41. The Morgan fingerprint density at radius 1 is 1.30 bits per heavy atom. The van der Waals surface area contributed by atoms with Crippen molar-refractivity contribution in [2.24, 2.45) is 0 Å². The Morgan fingerprint density at radius 2 is 1.90 bits per heavy atom. The molecule has 0 bridgehead atoms. The molecule has 0 saturated heterocycles. The lowest BCUT2D eigenvalue weighted by Crippen LogP contribution is -2.47. The fraction of sp³-hybridized carbons (Fsp3) is 0.385. The highest BCUT2D eigenvalue weighted by atomic mass is 19.3. The van der Waals surface area contributed by atoms with Crippen LogP contribution in [0.5, 0.6) is 5.75 Å². The maximum absolute atomic E-state index is 12.2. The van der Waals surface area contributed by atoms with Crippen LogP contribution in [0.1, 0.15) is 13.3 Å². The molecule has 5 nitrogen and oxygen atoms in total. The Bertz CT molecular complexity index is 453. The molecule has 2 N–H and O–H groups in total. The third kappa shape index (κ3) is 5.21. The lowest BCUT2D eigenvalue weighted by Gasteiger charge is -2.18.